The van der Waals surface area contributed by atoms with Gasteiger partial charge >= 0.3 is 5.97 Å². The highest BCUT2D eigenvalue weighted by atomic mass is 32.2. The Labute approximate surface area is 131 Å². The van der Waals surface area contributed by atoms with Crippen molar-refractivity contribution in [3.05, 3.63) is 34.9 Å². The fourth-order valence-electron chi connectivity index (χ4n) is 2.59. The fourth-order valence-corrected chi connectivity index (χ4v) is 3.70. The van der Waals surface area contributed by atoms with Crippen LogP contribution in [0.15, 0.2) is 18.2 Å². The van der Waals surface area contributed by atoms with E-state index in [2.05, 4.69) is 37.4 Å². The minimum absolute atomic E-state index is 0.165. The summed E-state index contributed by atoms with van der Waals surface area (Å²) >= 11 is 1.78. The molecule has 21 heavy (non-hydrogen) atoms. The van der Waals surface area contributed by atoms with Gasteiger partial charge in [-0.2, -0.15) is 11.8 Å². The highest BCUT2D eigenvalue weighted by Crippen LogP contribution is 2.26. The summed E-state index contributed by atoms with van der Waals surface area (Å²) in [5.74, 6) is 1.48. The van der Waals surface area contributed by atoms with Crippen LogP contribution in [0.1, 0.15) is 36.5 Å². The first-order chi connectivity index (χ1) is 9.93. The van der Waals surface area contributed by atoms with Crippen LogP contribution in [0.3, 0.4) is 0 Å². The molecule has 0 aliphatic heterocycles. The van der Waals surface area contributed by atoms with E-state index >= 15 is 0 Å². The third-order valence-electron chi connectivity index (χ3n) is 3.68. The number of ether oxygens (including phenoxy) is 1. The molecule has 0 heterocycles. The number of nitrogens with one attached hydrogen (secondary N) is 1. The van der Waals surface area contributed by atoms with Gasteiger partial charge in [0.25, 0.3) is 0 Å². The molecule has 1 aliphatic rings. The number of carbonyl (C=O) groups is 1. The summed E-state index contributed by atoms with van der Waals surface area (Å²) in [5.41, 5.74) is 3.31. The first-order valence-electron chi connectivity index (χ1n) is 7.44. The van der Waals surface area contributed by atoms with Gasteiger partial charge in [-0.1, -0.05) is 29.3 Å². The third-order valence-corrected chi connectivity index (χ3v) is 5.00. The second-order valence-electron chi connectivity index (χ2n) is 6.23. The van der Waals surface area contributed by atoms with Crippen molar-refractivity contribution in [3.63, 3.8) is 0 Å². The summed E-state index contributed by atoms with van der Waals surface area (Å²) in [5, 5.41) is 3.43. The number of rotatable bonds is 7. The molecule has 1 aromatic rings. The Kier molecular flexibility index (Phi) is 5.33. The summed E-state index contributed by atoms with van der Waals surface area (Å²) in [6.45, 7) is 6.19. The molecule has 0 spiro atoms. The molecular weight excluding hydrogens is 282 g/mol. The Hall–Kier alpha value is -1.00. The molecule has 1 N–H and O–H groups in total. The Balaban J connectivity index is 1.93. The van der Waals surface area contributed by atoms with Gasteiger partial charge in [0.05, 0.1) is 7.11 Å². The van der Waals surface area contributed by atoms with Crippen molar-refractivity contribution in [2.45, 2.75) is 50.9 Å². The number of esters is 1. The lowest BCUT2D eigenvalue weighted by molar-refractivity contribution is -0.147. The van der Waals surface area contributed by atoms with E-state index in [0.717, 1.165) is 24.3 Å². The molecule has 0 radical (unpaired) electrons. The van der Waals surface area contributed by atoms with Crippen LogP contribution in [-0.2, 0) is 15.3 Å². The van der Waals surface area contributed by atoms with Crippen LogP contribution in [0.5, 0.6) is 0 Å². The first-order valence-corrected chi connectivity index (χ1v) is 8.59. The van der Waals surface area contributed by atoms with Crippen molar-refractivity contribution >= 4 is 17.7 Å². The van der Waals surface area contributed by atoms with Gasteiger partial charge in [-0.3, -0.25) is 10.1 Å². The van der Waals surface area contributed by atoms with Crippen molar-refractivity contribution in [2.24, 2.45) is 0 Å². The predicted octanol–water partition coefficient (Wildman–Crippen LogP) is 3.22. The maximum atomic E-state index is 12.0. The topological polar surface area (TPSA) is 38.3 Å². The molecule has 2 rings (SSSR count). The van der Waals surface area contributed by atoms with Gasteiger partial charge in [-0.15, -0.1) is 0 Å². The molecule has 1 fully saturated rings. The van der Waals surface area contributed by atoms with E-state index in [-0.39, 0.29) is 5.97 Å². The summed E-state index contributed by atoms with van der Waals surface area (Å²) < 4.78 is 4.97. The van der Waals surface area contributed by atoms with Crippen LogP contribution in [0.25, 0.3) is 0 Å². The average Bonchev–Trinajstić information content (AvgIpc) is 3.20. The van der Waals surface area contributed by atoms with Gasteiger partial charge in [0.15, 0.2) is 0 Å². The Morgan fingerprint density at radius 1 is 1.33 bits per heavy atom. The number of methoxy groups -OCH3 is 1. The average molecular weight is 307 g/mol. The molecule has 0 bridgehead atoms. The van der Waals surface area contributed by atoms with Gasteiger partial charge in [-0.05, 0) is 39.2 Å². The van der Waals surface area contributed by atoms with Gasteiger partial charge in [0.1, 0.15) is 5.54 Å². The van der Waals surface area contributed by atoms with Gasteiger partial charge < -0.3 is 4.74 Å². The Morgan fingerprint density at radius 3 is 2.48 bits per heavy atom. The standard InChI is InChI=1S/C17H25NO2S/c1-12-7-13(2)9-14(8-12)10-21-11-17(3,16(19)20-4)18-15-5-6-15/h7-9,15,18H,5-6,10-11H2,1-4H3. The maximum absolute atomic E-state index is 12.0. The minimum atomic E-state index is -0.584. The van der Waals surface area contributed by atoms with Gasteiger partial charge in [-0.25, -0.2) is 0 Å². The summed E-state index contributed by atoms with van der Waals surface area (Å²) in [6.07, 6.45) is 2.32. The zero-order valence-electron chi connectivity index (χ0n) is 13.4. The lowest BCUT2D eigenvalue weighted by atomic mass is 10.1. The highest BCUT2D eigenvalue weighted by Gasteiger charge is 2.39. The summed E-state index contributed by atoms with van der Waals surface area (Å²) in [7, 11) is 1.46. The van der Waals surface area contributed by atoms with E-state index in [4.69, 9.17) is 4.74 Å². The first kappa shape index (κ1) is 16.4. The van der Waals surface area contributed by atoms with Crippen LogP contribution in [-0.4, -0.2) is 30.4 Å². The lowest BCUT2D eigenvalue weighted by Crippen LogP contribution is -2.53. The molecule has 3 nitrogen and oxygen atoms in total. The number of hydrogen-bond acceptors (Lipinski definition) is 4. The lowest BCUT2D eigenvalue weighted by Gasteiger charge is -2.27. The van der Waals surface area contributed by atoms with Crippen LogP contribution >= 0.6 is 11.8 Å². The largest absolute Gasteiger partial charge is 0.468 e. The predicted molar refractivity (Wildman–Crippen MR) is 88.7 cm³/mol. The van der Waals surface area contributed by atoms with Crippen LogP contribution in [0, 0.1) is 13.8 Å². The quantitative estimate of drug-likeness (QED) is 0.785. The molecule has 0 amide bonds. The number of carbonyl (C=O) groups excluding carboxylic acids is 1. The summed E-state index contributed by atoms with van der Waals surface area (Å²) in [4.78, 5) is 12.0. The number of benzene rings is 1. The van der Waals surface area contributed by atoms with E-state index in [1.54, 1.807) is 11.8 Å². The second kappa shape index (κ2) is 6.84. The second-order valence-corrected chi connectivity index (χ2v) is 7.22. The number of thioether (sulfide) groups is 1. The van der Waals surface area contributed by atoms with Crippen molar-refractivity contribution in [1.82, 2.24) is 5.32 Å². The third kappa shape index (κ3) is 4.75. The molecule has 0 aromatic heterocycles. The minimum Gasteiger partial charge on any atom is -0.468 e. The van der Waals surface area contributed by atoms with Gasteiger partial charge in [0, 0.05) is 17.5 Å². The Morgan fingerprint density at radius 2 is 1.95 bits per heavy atom. The van der Waals surface area contributed by atoms with Gasteiger partial charge in [0.2, 0.25) is 0 Å². The fraction of sp³-hybridized carbons (Fsp3) is 0.588. The van der Waals surface area contributed by atoms with E-state index in [1.807, 2.05) is 6.92 Å². The van der Waals surface area contributed by atoms with E-state index in [0.29, 0.717) is 6.04 Å². The number of hydrogen-bond donors (Lipinski definition) is 1. The van der Waals surface area contributed by atoms with Crippen molar-refractivity contribution in [1.29, 1.82) is 0 Å². The molecule has 116 valence electrons. The van der Waals surface area contributed by atoms with Crippen LogP contribution in [0.4, 0.5) is 0 Å². The molecule has 1 aromatic carbocycles. The molecular formula is C17H25NO2S. The van der Waals surface area contributed by atoms with E-state index < -0.39 is 5.54 Å². The molecule has 1 atom stereocenters. The molecule has 1 saturated carbocycles. The zero-order valence-corrected chi connectivity index (χ0v) is 14.2. The van der Waals surface area contributed by atoms with Crippen molar-refractivity contribution < 1.29 is 9.53 Å². The molecule has 4 heteroatoms. The molecule has 0 saturated heterocycles. The smallest absolute Gasteiger partial charge is 0.326 e. The normalized spacial score (nSPS) is 17.3. The van der Waals surface area contributed by atoms with Crippen LogP contribution < -0.4 is 5.32 Å². The molecule has 1 unspecified atom stereocenters. The van der Waals surface area contributed by atoms with E-state index in [9.17, 15) is 4.79 Å². The monoisotopic (exact) mass is 307 g/mol. The Bertz CT molecular complexity index is 493. The zero-order chi connectivity index (χ0) is 15.5. The highest BCUT2D eigenvalue weighted by molar-refractivity contribution is 7.98. The SMILES string of the molecule is COC(=O)C(C)(CSCc1cc(C)cc(C)c1)NC1CC1. The van der Waals surface area contributed by atoms with Crippen molar-refractivity contribution in [2.75, 3.05) is 12.9 Å². The van der Waals surface area contributed by atoms with Crippen molar-refractivity contribution in [3.8, 4) is 0 Å². The molecule has 1 aliphatic carbocycles. The number of aryl methyl sites for hydroxylation is 2. The van der Waals surface area contributed by atoms with E-state index in [1.165, 1.54) is 23.8 Å². The summed E-state index contributed by atoms with van der Waals surface area (Å²) in [6, 6.07) is 7.09. The maximum Gasteiger partial charge on any atom is 0.326 e. The van der Waals surface area contributed by atoms with Crippen LogP contribution in [0.2, 0.25) is 0 Å².